The van der Waals surface area contributed by atoms with Crippen molar-refractivity contribution in [1.82, 2.24) is 5.32 Å². The molecule has 1 aromatic carbocycles. The maximum absolute atomic E-state index is 12.7. The van der Waals surface area contributed by atoms with Crippen molar-refractivity contribution in [3.8, 4) is 0 Å². The van der Waals surface area contributed by atoms with E-state index in [4.69, 9.17) is 5.73 Å². The summed E-state index contributed by atoms with van der Waals surface area (Å²) in [5.74, 6) is -1.25. The minimum absolute atomic E-state index is 0.0822. The second-order valence-corrected chi connectivity index (χ2v) is 4.84. The number of hydrogen-bond donors (Lipinski definition) is 2. The highest BCUT2D eigenvalue weighted by Crippen LogP contribution is 2.04. The van der Waals surface area contributed by atoms with Gasteiger partial charge in [-0.1, -0.05) is 23.8 Å². The average molecular weight is 278 g/mol. The van der Waals surface area contributed by atoms with Gasteiger partial charge in [0.25, 0.3) is 0 Å². The van der Waals surface area contributed by atoms with Gasteiger partial charge in [0, 0.05) is 0 Å². The number of nitrogens with one attached hydrogen (secondary N) is 1. The van der Waals surface area contributed by atoms with Crippen molar-refractivity contribution < 1.29 is 14.0 Å². The van der Waals surface area contributed by atoms with Crippen LogP contribution in [0.25, 0.3) is 0 Å². The van der Waals surface area contributed by atoms with Crippen LogP contribution in [0.1, 0.15) is 25.8 Å². The molecule has 0 bridgehead atoms. The number of carbonyl (C=O) groups is 2. The Hall–Kier alpha value is -2.17. The van der Waals surface area contributed by atoms with Crippen LogP contribution < -0.4 is 11.1 Å². The average Bonchev–Trinajstić information content (AvgIpc) is 2.36. The van der Waals surface area contributed by atoms with E-state index in [9.17, 15) is 14.0 Å². The fraction of sp³-hybridized carbons (Fsp3) is 0.333. The normalized spacial score (nSPS) is 11.6. The summed E-state index contributed by atoms with van der Waals surface area (Å²) in [6.45, 7) is 3.80. The van der Waals surface area contributed by atoms with E-state index in [0.29, 0.717) is 12.0 Å². The zero-order valence-corrected chi connectivity index (χ0v) is 11.7. The number of hydrogen-bond acceptors (Lipinski definition) is 2. The van der Waals surface area contributed by atoms with Gasteiger partial charge < -0.3 is 11.1 Å². The number of carbonyl (C=O) groups excluding carboxylic acids is 2. The van der Waals surface area contributed by atoms with Crippen LogP contribution in [0.5, 0.6) is 0 Å². The Bertz CT molecular complexity index is 505. The number of halogens is 1. The SMILES string of the molecule is CC(C)=CC[C@H](NC(=O)Cc1ccc(F)cc1)C(N)=O. The molecule has 108 valence electrons. The van der Waals surface area contributed by atoms with Crippen LogP contribution in [0.15, 0.2) is 35.9 Å². The predicted molar refractivity (Wildman–Crippen MR) is 75.3 cm³/mol. The van der Waals surface area contributed by atoms with Crippen molar-refractivity contribution in [2.24, 2.45) is 5.73 Å². The van der Waals surface area contributed by atoms with Crippen LogP contribution in [-0.4, -0.2) is 17.9 Å². The molecule has 1 rings (SSSR count). The molecule has 0 spiro atoms. The topological polar surface area (TPSA) is 72.2 Å². The molecule has 4 nitrogen and oxygen atoms in total. The van der Waals surface area contributed by atoms with Gasteiger partial charge in [0.05, 0.1) is 6.42 Å². The lowest BCUT2D eigenvalue weighted by molar-refractivity contribution is -0.126. The lowest BCUT2D eigenvalue weighted by Crippen LogP contribution is -2.44. The van der Waals surface area contributed by atoms with Crippen molar-refractivity contribution in [2.45, 2.75) is 32.7 Å². The highest BCUT2D eigenvalue weighted by atomic mass is 19.1. The molecule has 0 unspecified atom stereocenters. The first kappa shape index (κ1) is 15.9. The monoisotopic (exact) mass is 278 g/mol. The van der Waals surface area contributed by atoms with Gasteiger partial charge in [-0.05, 0) is 38.0 Å². The van der Waals surface area contributed by atoms with E-state index in [1.807, 2.05) is 19.9 Å². The van der Waals surface area contributed by atoms with Gasteiger partial charge in [-0.15, -0.1) is 0 Å². The van der Waals surface area contributed by atoms with Crippen molar-refractivity contribution in [2.75, 3.05) is 0 Å². The van der Waals surface area contributed by atoms with Gasteiger partial charge in [0.2, 0.25) is 11.8 Å². The number of nitrogens with two attached hydrogens (primary N) is 1. The number of benzene rings is 1. The predicted octanol–water partition coefficient (Wildman–Crippen LogP) is 1.69. The molecular formula is C15H19FN2O2. The zero-order chi connectivity index (χ0) is 15.1. The van der Waals surface area contributed by atoms with Gasteiger partial charge >= 0.3 is 0 Å². The van der Waals surface area contributed by atoms with Crippen LogP contribution in [0, 0.1) is 5.82 Å². The summed E-state index contributed by atoms with van der Waals surface area (Å²) in [6.07, 6.45) is 2.29. The minimum Gasteiger partial charge on any atom is -0.368 e. The van der Waals surface area contributed by atoms with Gasteiger partial charge in [0.1, 0.15) is 11.9 Å². The van der Waals surface area contributed by atoms with Crippen LogP contribution in [-0.2, 0) is 16.0 Å². The third-order valence-corrected chi connectivity index (χ3v) is 2.72. The highest BCUT2D eigenvalue weighted by Gasteiger charge is 2.16. The Morgan fingerprint density at radius 3 is 2.40 bits per heavy atom. The van der Waals surface area contributed by atoms with E-state index >= 15 is 0 Å². The van der Waals surface area contributed by atoms with E-state index < -0.39 is 11.9 Å². The number of primary amides is 1. The summed E-state index contributed by atoms with van der Waals surface area (Å²) in [6, 6.07) is 4.92. The molecule has 20 heavy (non-hydrogen) atoms. The molecule has 0 aliphatic rings. The lowest BCUT2D eigenvalue weighted by Gasteiger charge is -2.14. The maximum Gasteiger partial charge on any atom is 0.240 e. The summed E-state index contributed by atoms with van der Waals surface area (Å²) < 4.78 is 12.7. The quantitative estimate of drug-likeness (QED) is 0.777. The van der Waals surface area contributed by atoms with E-state index in [2.05, 4.69) is 5.32 Å². The minimum atomic E-state index is -0.724. The Labute approximate surface area is 117 Å². The van der Waals surface area contributed by atoms with Crippen molar-refractivity contribution in [3.05, 3.63) is 47.3 Å². The van der Waals surface area contributed by atoms with Crippen LogP contribution in [0.3, 0.4) is 0 Å². The second-order valence-electron chi connectivity index (χ2n) is 4.84. The summed E-state index contributed by atoms with van der Waals surface area (Å²) in [4.78, 5) is 23.1. The lowest BCUT2D eigenvalue weighted by atomic mass is 10.1. The maximum atomic E-state index is 12.7. The molecule has 0 aliphatic heterocycles. The van der Waals surface area contributed by atoms with Crippen LogP contribution >= 0.6 is 0 Å². The molecule has 1 aromatic rings. The number of rotatable bonds is 6. The number of allylic oxidation sites excluding steroid dienone is 1. The van der Waals surface area contributed by atoms with Gasteiger partial charge in [-0.25, -0.2) is 4.39 Å². The zero-order valence-electron chi connectivity index (χ0n) is 11.7. The molecule has 0 saturated carbocycles. The Balaban J connectivity index is 2.60. The fourth-order valence-electron chi connectivity index (χ4n) is 1.63. The highest BCUT2D eigenvalue weighted by molar-refractivity contribution is 5.87. The van der Waals surface area contributed by atoms with Gasteiger partial charge in [-0.3, -0.25) is 9.59 Å². The standard InChI is InChI=1S/C15H19FN2O2/c1-10(2)3-8-13(15(17)20)18-14(19)9-11-4-6-12(16)7-5-11/h3-7,13H,8-9H2,1-2H3,(H2,17,20)(H,18,19)/t13-/m0/s1. The van der Waals surface area contributed by atoms with E-state index in [1.165, 1.54) is 24.3 Å². The van der Waals surface area contributed by atoms with E-state index in [1.54, 1.807) is 0 Å². The first-order chi connectivity index (χ1) is 9.38. The molecule has 2 amide bonds. The molecule has 0 saturated heterocycles. The summed E-state index contributed by atoms with van der Waals surface area (Å²) in [5, 5.41) is 2.58. The van der Waals surface area contributed by atoms with Crippen molar-refractivity contribution in [3.63, 3.8) is 0 Å². The molecule has 0 radical (unpaired) electrons. The largest absolute Gasteiger partial charge is 0.368 e. The summed E-state index contributed by atoms with van der Waals surface area (Å²) in [5.41, 5.74) is 6.97. The molecule has 1 atom stereocenters. The molecule has 0 aliphatic carbocycles. The third-order valence-electron chi connectivity index (χ3n) is 2.72. The van der Waals surface area contributed by atoms with Crippen LogP contribution in [0.4, 0.5) is 4.39 Å². The van der Waals surface area contributed by atoms with Crippen LogP contribution in [0.2, 0.25) is 0 Å². The second kappa shape index (κ2) is 7.43. The molecule has 3 N–H and O–H groups in total. The molecule has 0 heterocycles. The smallest absolute Gasteiger partial charge is 0.240 e. The third kappa shape index (κ3) is 5.65. The first-order valence-corrected chi connectivity index (χ1v) is 6.35. The van der Waals surface area contributed by atoms with Crippen molar-refractivity contribution >= 4 is 11.8 Å². The molecule has 5 heteroatoms. The summed E-state index contributed by atoms with van der Waals surface area (Å²) >= 11 is 0. The number of amides is 2. The molecule has 0 fully saturated rings. The van der Waals surface area contributed by atoms with Crippen molar-refractivity contribution in [1.29, 1.82) is 0 Å². The van der Waals surface area contributed by atoms with E-state index in [0.717, 1.165) is 5.57 Å². The Morgan fingerprint density at radius 2 is 1.90 bits per heavy atom. The molecule has 0 aromatic heterocycles. The summed E-state index contributed by atoms with van der Waals surface area (Å²) in [7, 11) is 0. The van der Waals surface area contributed by atoms with Gasteiger partial charge in [0.15, 0.2) is 0 Å². The Kier molecular flexibility index (Phi) is 5.90. The van der Waals surface area contributed by atoms with E-state index in [-0.39, 0.29) is 18.1 Å². The fourth-order valence-corrected chi connectivity index (χ4v) is 1.63. The first-order valence-electron chi connectivity index (χ1n) is 6.35. The van der Waals surface area contributed by atoms with Gasteiger partial charge in [-0.2, -0.15) is 0 Å². The Morgan fingerprint density at radius 1 is 1.30 bits per heavy atom. The molecular weight excluding hydrogens is 259 g/mol.